The molecule has 0 aliphatic carbocycles. The quantitative estimate of drug-likeness (QED) is 0.744. The van der Waals surface area contributed by atoms with Crippen molar-refractivity contribution in [1.82, 2.24) is 0 Å². The van der Waals surface area contributed by atoms with E-state index in [4.69, 9.17) is 5.11 Å². The van der Waals surface area contributed by atoms with E-state index in [1.807, 2.05) is 6.07 Å². The second-order valence-corrected chi connectivity index (χ2v) is 4.94. The van der Waals surface area contributed by atoms with Crippen LogP contribution in [0.2, 0.25) is 0 Å². The third kappa shape index (κ3) is 5.22. The summed E-state index contributed by atoms with van der Waals surface area (Å²) in [5, 5.41) is 12.2. The summed E-state index contributed by atoms with van der Waals surface area (Å²) >= 11 is 3.31. The molecule has 4 heteroatoms. The summed E-state index contributed by atoms with van der Waals surface area (Å²) in [6.45, 7) is 3.07. The average Bonchev–Trinajstić information content (AvgIpc) is 2.28. The second-order valence-electron chi connectivity index (χ2n) is 4.02. The van der Waals surface area contributed by atoms with Gasteiger partial charge in [0.15, 0.2) is 0 Å². The number of anilines is 1. The number of benzene rings is 1. The number of unbranched alkanes of at least 4 members (excludes halogenated alkanes) is 3. The number of halogens is 1. The van der Waals surface area contributed by atoms with Gasteiger partial charge in [-0.05, 0) is 24.6 Å². The monoisotopic (exact) mass is 299 g/mol. The smallest absolute Gasteiger partial charge is 0.335 e. The molecule has 0 bridgehead atoms. The zero-order valence-electron chi connectivity index (χ0n) is 10.0. The molecule has 0 aliphatic heterocycles. The molecule has 0 fully saturated rings. The highest BCUT2D eigenvalue weighted by molar-refractivity contribution is 9.10. The van der Waals surface area contributed by atoms with Crippen LogP contribution in [0.1, 0.15) is 43.0 Å². The molecule has 0 radical (unpaired) electrons. The maximum atomic E-state index is 10.9. The van der Waals surface area contributed by atoms with Gasteiger partial charge in [-0.15, -0.1) is 0 Å². The van der Waals surface area contributed by atoms with Gasteiger partial charge in [0.25, 0.3) is 0 Å². The van der Waals surface area contributed by atoms with Crippen molar-refractivity contribution in [2.24, 2.45) is 0 Å². The third-order valence-electron chi connectivity index (χ3n) is 2.50. The lowest BCUT2D eigenvalue weighted by Crippen LogP contribution is -2.03. The molecular weight excluding hydrogens is 282 g/mol. The van der Waals surface area contributed by atoms with Crippen LogP contribution in [0.5, 0.6) is 0 Å². The topological polar surface area (TPSA) is 49.3 Å². The van der Waals surface area contributed by atoms with Crippen molar-refractivity contribution in [3.8, 4) is 0 Å². The molecule has 0 heterocycles. The molecule has 17 heavy (non-hydrogen) atoms. The number of rotatable bonds is 7. The van der Waals surface area contributed by atoms with Gasteiger partial charge in [0.05, 0.1) is 5.56 Å². The first-order valence-corrected chi connectivity index (χ1v) is 6.70. The maximum Gasteiger partial charge on any atom is 0.335 e. The zero-order valence-corrected chi connectivity index (χ0v) is 11.6. The Morgan fingerprint density at radius 2 is 2.06 bits per heavy atom. The SMILES string of the molecule is CCCCCCNc1cc(Br)cc(C(=O)O)c1. The predicted molar refractivity (Wildman–Crippen MR) is 73.7 cm³/mol. The van der Waals surface area contributed by atoms with E-state index in [9.17, 15) is 4.79 Å². The summed E-state index contributed by atoms with van der Waals surface area (Å²) < 4.78 is 0.786. The normalized spacial score (nSPS) is 10.2. The minimum Gasteiger partial charge on any atom is -0.478 e. The highest BCUT2D eigenvalue weighted by Gasteiger charge is 2.05. The van der Waals surface area contributed by atoms with E-state index in [1.165, 1.54) is 19.3 Å². The molecule has 1 aromatic rings. The standard InChI is InChI=1S/C13H18BrNO2/c1-2-3-4-5-6-15-12-8-10(13(16)17)7-11(14)9-12/h7-9,15H,2-6H2,1H3,(H,16,17). The van der Waals surface area contributed by atoms with Gasteiger partial charge < -0.3 is 10.4 Å². The first-order chi connectivity index (χ1) is 8.13. The van der Waals surface area contributed by atoms with Gasteiger partial charge in [0, 0.05) is 16.7 Å². The molecule has 0 saturated heterocycles. The van der Waals surface area contributed by atoms with Crippen molar-refractivity contribution >= 4 is 27.6 Å². The van der Waals surface area contributed by atoms with Crippen molar-refractivity contribution in [2.75, 3.05) is 11.9 Å². The van der Waals surface area contributed by atoms with Crippen molar-refractivity contribution < 1.29 is 9.90 Å². The van der Waals surface area contributed by atoms with Gasteiger partial charge in [-0.3, -0.25) is 0 Å². The van der Waals surface area contributed by atoms with Crippen LogP contribution in [0.4, 0.5) is 5.69 Å². The van der Waals surface area contributed by atoms with Crippen LogP contribution >= 0.6 is 15.9 Å². The van der Waals surface area contributed by atoms with Crippen LogP contribution in [0.25, 0.3) is 0 Å². The molecule has 0 aromatic heterocycles. The minimum absolute atomic E-state index is 0.301. The fraction of sp³-hybridized carbons (Fsp3) is 0.462. The second kappa shape index (κ2) is 7.33. The lowest BCUT2D eigenvalue weighted by atomic mass is 10.2. The van der Waals surface area contributed by atoms with E-state index in [1.54, 1.807) is 12.1 Å². The van der Waals surface area contributed by atoms with Gasteiger partial charge in [0.1, 0.15) is 0 Å². The Morgan fingerprint density at radius 3 is 2.71 bits per heavy atom. The van der Waals surface area contributed by atoms with Gasteiger partial charge in [0.2, 0.25) is 0 Å². The molecule has 1 aromatic carbocycles. The summed E-state index contributed by atoms with van der Waals surface area (Å²) in [7, 11) is 0. The van der Waals surface area contributed by atoms with E-state index in [-0.39, 0.29) is 0 Å². The van der Waals surface area contributed by atoms with E-state index in [0.717, 1.165) is 23.1 Å². The molecule has 0 unspecified atom stereocenters. The largest absolute Gasteiger partial charge is 0.478 e. The van der Waals surface area contributed by atoms with Crippen LogP contribution in [0.15, 0.2) is 22.7 Å². The number of carboxylic acid groups (broad SMARTS) is 1. The maximum absolute atomic E-state index is 10.9. The van der Waals surface area contributed by atoms with E-state index in [2.05, 4.69) is 28.2 Å². The summed E-state index contributed by atoms with van der Waals surface area (Å²) in [6.07, 6.45) is 4.80. The molecule has 3 nitrogen and oxygen atoms in total. The summed E-state index contributed by atoms with van der Waals surface area (Å²) in [6, 6.07) is 5.16. The number of carbonyl (C=O) groups is 1. The van der Waals surface area contributed by atoms with Gasteiger partial charge >= 0.3 is 5.97 Å². The van der Waals surface area contributed by atoms with Crippen molar-refractivity contribution in [1.29, 1.82) is 0 Å². The molecular formula is C13H18BrNO2. The van der Waals surface area contributed by atoms with Crippen LogP contribution in [-0.4, -0.2) is 17.6 Å². The molecule has 0 atom stereocenters. The lowest BCUT2D eigenvalue weighted by molar-refractivity contribution is 0.0697. The number of hydrogen-bond donors (Lipinski definition) is 2. The van der Waals surface area contributed by atoms with Crippen LogP contribution in [0, 0.1) is 0 Å². The third-order valence-corrected chi connectivity index (χ3v) is 2.96. The molecule has 0 saturated carbocycles. The van der Waals surface area contributed by atoms with Crippen molar-refractivity contribution in [3.05, 3.63) is 28.2 Å². The Balaban J connectivity index is 2.50. The summed E-state index contributed by atoms with van der Waals surface area (Å²) in [5.74, 6) is -0.902. The molecule has 94 valence electrons. The number of hydrogen-bond acceptors (Lipinski definition) is 2. The van der Waals surface area contributed by atoms with E-state index in [0.29, 0.717) is 5.56 Å². The summed E-state index contributed by atoms with van der Waals surface area (Å²) in [4.78, 5) is 10.9. The van der Waals surface area contributed by atoms with Crippen LogP contribution < -0.4 is 5.32 Å². The van der Waals surface area contributed by atoms with E-state index >= 15 is 0 Å². The Kier molecular flexibility index (Phi) is 6.05. The van der Waals surface area contributed by atoms with Gasteiger partial charge in [-0.2, -0.15) is 0 Å². The summed E-state index contributed by atoms with van der Waals surface area (Å²) in [5.41, 5.74) is 1.16. The minimum atomic E-state index is -0.902. The van der Waals surface area contributed by atoms with Crippen molar-refractivity contribution in [2.45, 2.75) is 32.6 Å². The average molecular weight is 300 g/mol. The highest BCUT2D eigenvalue weighted by Crippen LogP contribution is 2.19. The fourth-order valence-electron chi connectivity index (χ4n) is 1.60. The first kappa shape index (κ1) is 14.0. The molecule has 0 amide bonds. The number of aromatic carboxylic acids is 1. The Labute approximate surface area is 110 Å². The highest BCUT2D eigenvalue weighted by atomic mass is 79.9. The Morgan fingerprint density at radius 1 is 1.29 bits per heavy atom. The number of nitrogens with one attached hydrogen (secondary N) is 1. The van der Waals surface area contributed by atoms with Gasteiger partial charge in [-0.1, -0.05) is 42.1 Å². The lowest BCUT2D eigenvalue weighted by Gasteiger charge is -2.07. The van der Waals surface area contributed by atoms with Crippen LogP contribution in [-0.2, 0) is 0 Å². The van der Waals surface area contributed by atoms with E-state index < -0.39 is 5.97 Å². The van der Waals surface area contributed by atoms with Crippen LogP contribution in [0.3, 0.4) is 0 Å². The number of carboxylic acids is 1. The first-order valence-electron chi connectivity index (χ1n) is 5.91. The molecule has 2 N–H and O–H groups in total. The predicted octanol–water partition coefficient (Wildman–Crippen LogP) is 4.14. The van der Waals surface area contributed by atoms with Crippen molar-refractivity contribution in [3.63, 3.8) is 0 Å². The Hall–Kier alpha value is -1.03. The Bertz CT molecular complexity index is 380. The molecule has 1 rings (SSSR count). The fourth-order valence-corrected chi connectivity index (χ4v) is 2.09. The van der Waals surface area contributed by atoms with Gasteiger partial charge in [-0.25, -0.2) is 4.79 Å². The molecule has 0 aliphatic rings. The zero-order chi connectivity index (χ0) is 12.7. The molecule has 0 spiro atoms.